The van der Waals surface area contributed by atoms with Crippen molar-refractivity contribution < 1.29 is 0 Å². The summed E-state index contributed by atoms with van der Waals surface area (Å²) in [5, 5.41) is 18.3. The summed E-state index contributed by atoms with van der Waals surface area (Å²) in [6, 6.07) is 26.0. The van der Waals surface area contributed by atoms with Crippen LogP contribution in [0.15, 0.2) is 66.7 Å². The van der Waals surface area contributed by atoms with E-state index in [-0.39, 0.29) is 12.8 Å². The Morgan fingerprint density at radius 2 is 1.08 bits per heavy atom. The first-order valence-electron chi connectivity index (χ1n) is 7.71. The Balaban J connectivity index is 2.25. The number of hydrogen-bond donors (Lipinski definition) is 0. The Kier molecular flexibility index (Phi) is 4.65. The molecule has 0 saturated carbocycles. The molecule has 0 bridgehead atoms. The standard InChI is InChI=1S/C21H15N3/c22-13-11-18-15-19(12-14-23)21(17-9-5-2-6-10-17)24-20(18)16-7-3-1-4-8-16/h1-10,15H,11-12H2. The van der Waals surface area contributed by atoms with Gasteiger partial charge in [-0.25, -0.2) is 4.98 Å². The maximum Gasteiger partial charge on any atom is 0.0752 e. The van der Waals surface area contributed by atoms with Gasteiger partial charge in [0.15, 0.2) is 0 Å². The van der Waals surface area contributed by atoms with Crippen LogP contribution in [0.5, 0.6) is 0 Å². The van der Waals surface area contributed by atoms with Crippen molar-refractivity contribution in [1.82, 2.24) is 4.98 Å². The molecule has 0 unspecified atom stereocenters. The van der Waals surface area contributed by atoms with Crippen molar-refractivity contribution in [2.45, 2.75) is 12.8 Å². The first-order chi connectivity index (χ1) is 11.8. The second kappa shape index (κ2) is 7.22. The van der Waals surface area contributed by atoms with Gasteiger partial charge in [0.25, 0.3) is 0 Å². The lowest BCUT2D eigenvalue weighted by atomic mass is 9.96. The van der Waals surface area contributed by atoms with Gasteiger partial charge < -0.3 is 0 Å². The van der Waals surface area contributed by atoms with E-state index < -0.39 is 0 Å². The highest BCUT2D eigenvalue weighted by Gasteiger charge is 2.14. The fraction of sp³-hybridized carbons (Fsp3) is 0.0952. The SMILES string of the molecule is N#CCc1cc(CC#N)c(-c2ccccc2)nc1-c1ccccc1. The van der Waals surface area contributed by atoms with Crippen molar-refractivity contribution >= 4 is 0 Å². The van der Waals surface area contributed by atoms with E-state index >= 15 is 0 Å². The van der Waals surface area contributed by atoms with Crippen LogP contribution in [0.4, 0.5) is 0 Å². The molecule has 1 aromatic heterocycles. The average molecular weight is 309 g/mol. The molecule has 1 heterocycles. The minimum absolute atomic E-state index is 0.269. The van der Waals surface area contributed by atoms with Crippen LogP contribution >= 0.6 is 0 Å². The van der Waals surface area contributed by atoms with Crippen molar-refractivity contribution in [3.63, 3.8) is 0 Å². The van der Waals surface area contributed by atoms with E-state index in [0.29, 0.717) is 0 Å². The van der Waals surface area contributed by atoms with Gasteiger partial charge in [0, 0.05) is 11.1 Å². The van der Waals surface area contributed by atoms with E-state index in [0.717, 1.165) is 33.6 Å². The van der Waals surface area contributed by atoms with Crippen molar-refractivity contribution in [2.75, 3.05) is 0 Å². The van der Waals surface area contributed by atoms with Gasteiger partial charge in [0.2, 0.25) is 0 Å². The van der Waals surface area contributed by atoms with E-state index in [1.165, 1.54) is 0 Å². The van der Waals surface area contributed by atoms with E-state index in [2.05, 4.69) is 12.1 Å². The summed E-state index contributed by atoms with van der Waals surface area (Å²) in [5.41, 5.74) is 5.27. The Hall–Kier alpha value is -3.43. The molecule has 0 aliphatic rings. The van der Waals surface area contributed by atoms with Crippen molar-refractivity contribution in [3.05, 3.63) is 77.9 Å². The summed E-state index contributed by atoms with van der Waals surface area (Å²) in [6.07, 6.45) is 0.537. The van der Waals surface area contributed by atoms with E-state index in [1.807, 2.05) is 66.7 Å². The molecule has 3 aromatic rings. The molecule has 0 atom stereocenters. The Labute approximate surface area is 141 Å². The van der Waals surface area contributed by atoms with Crippen LogP contribution in [0.25, 0.3) is 22.5 Å². The van der Waals surface area contributed by atoms with Crippen molar-refractivity contribution in [1.29, 1.82) is 10.5 Å². The molecule has 2 aromatic carbocycles. The van der Waals surface area contributed by atoms with Gasteiger partial charge in [0.05, 0.1) is 36.4 Å². The predicted octanol–water partition coefficient (Wildman–Crippen LogP) is 4.55. The number of pyridine rings is 1. The average Bonchev–Trinajstić information content (AvgIpc) is 2.64. The molecule has 0 N–H and O–H groups in total. The van der Waals surface area contributed by atoms with Gasteiger partial charge >= 0.3 is 0 Å². The second-order valence-electron chi connectivity index (χ2n) is 5.41. The van der Waals surface area contributed by atoms with Gasteiger partial charge in [-0.2, -0.15) is 10.5 Å². The largest absolute Gasteiger partial charge is 0.247 e. The third-order valence-corrected chi connectivity index (χ3v) is 3.81. The fourth-order valence-electron chi connectivity index (χ4n) is 2.73. The Morgan fingerprint density at radius 1 is 0.667 bits per heavy atom. The number of nitrogens with zero attached hydrogens (tertiary/aromatic N) is 3. The smallest absolute Gasteiger partial charge is 0.0752 e. The summed E-state index contributed by atoms with van der Waals surface area (Å²) >= 11 is 0. The maximum absolute atomic E-state index is 9.16. The highest BCUT2D eigenvalue weighted by Crippen LogP contribution is 2.30. The molecule has 24 heavy (non-hydrogen) atoms. The minimum Gasteiger partial charge on any atom is -0.247 e. The molecule has 0 aliphatic heterocycles. The lowest BCUT2D eigenvalue weighted by Gasteiger charge is -2.13. The van der Waals surface area contributed by atoms with E-state index in [1.54, 1.807) is 0 Å². The van der Waals surface area contributed by atoms with Gasteiger partial charge in [-0.3, -0.25) is 0 Å². The highest BCUT2D eigenvalue weighted by atomic mass is 14.7. The summed E-state index contributed by atoms with van der Waals surface area (Å²) < 4.78 is 0. The van der Waals surface area contributed by atoms with Gasteiger partial charge in [-0.05, 0) is 17.2 Å². The summed E-state index contributed by atoms with van der Waals surface area (Å²) in [7, 11) is 0. The zero-order chi connectivity index (χ0) is 16.8. The van der Waals surface area contributed by atoms with Crippen molar-refractivity contribution in [2.24, 2.45) is 0 Å². The van der Waals surface area contributed by atoms with Crippen molar-refractivity contribution in [3.8, 4) is 34.7 Å². The third kappa shape index (κ3) is 3.16. The Bertz CT molecular complexity index is 842. The van der Waals surface area contributed by atoms with Gasteiger partial charge in [-0.1, -0.05) is 60.7 Å². The van der Waals surface area contributed by atoms with Crippen LogP contribution in [0.1, 0.15) is 11.1 Å². The van der Waals surface area contributed by atoms with Crippen LogP contribution in [0.3, 0.4) is 0 Å². The van der Waals surface area contributed by atoms with Crippen LogP contribution in [-0.2, 0) is 12.8 Å². The molecular formula is C21H15N3. The third-order valence-electron chi connectivity index (χ3n) is 3.81. The number of rotatable bonds is 4. The van der Waals surface area contributed by atoms with Crippen LogP contribution in [-0.4, -0.2) is 4.98 Å². The van der Waals surface area contributed by atoms with Crippen LogP contribution < -0.4 is 0 Å². The summed E-state index contributed by atoms with van der Waals surface area (Å²) in [5.74, 6) is 0. The number of benzene rings is 2. The van der Waals surface area contributed by atoms with E-state index in [9.17, 15) is 0 Å². The molecule has 3 rings (SSSR count). The van der Waals surface area contributed by atoms with Crippen LogP contribution in [0, 0.1) is 22.7 Å². The second-order valence-corrected chi connectivity index (χ2v) is 5.41. The highest BCUT2D eigenvalue weighted by molar-refractivity contribution is 5.72. The monoisotopic (exact) mass is 309 g/mol. The number of nitriles is 2. The molecular weight excluding hydrogens is 294 g/mol. The predicted molar refractivity (Wildman–Crippen MR) is 93.7 cm³/mol. The molecule has 3 nitrogen and oxygen atoms in total. The fourth-order valence-corrected chi connectivity index (χ4v) is 2.73. The maximum atomic E-state index is 9.16. The van der Waals surface area contributed by atoms with Gasteiger partial charge in [0.1, 0.15) is 0 Å². The first-order valence-corrected chi connectivity index (χ1v) is 7.71. The quantitative estimate of drug-likeness (QED) is 0.710. The molecule has 3 heteroatoms. The minimum atomic E-state index is 0.269. The topological polar surface area (TPSA) is 60.5 Å². The number of hydrogen-bond acceptors (Lipinski definition) is 3. The zero-order valence-electron chi connectivity index (χ0n) is 13.1. The lowest BCUT2D eigenvalue weighted by Crippen LogP contribution is -2.00. The summed E-state index contributed by atoms with van der Waals surface area (Å²) in [6.45, 7) is 0. The molecule has 0 fully saturated rings. The zero-order valence-corrected chi connectivity index (χ0v) is 13.1. The Morgan fingerprint density at radius 3 is 1.46 bits per heavy atom. The molecule has 0 aliphatic carbocycles. The molecule has 0 amide bonds. The molecule has 0 saturated heterocycles. The summed E-state index contributed by atoms with van der Waals surface area (Å²) in [4.78, 5) is 4.85. The van der Waals surface area contributed by atoms with Crippen LogP contribution in [0.2, 0.25) is 0 Å². The number of aromatic nitrogens is 1. The van der Waals surface area contributed by atoms with Gasteiger partial charge in [-0.15, -0.1) is 0 Å². The molecule has 0 radical (unpaired) electrons. The molecule has 0 spiro atoms. The first kappa shape index (κ1) is 15.5. The lowest BCUT2D eigenvalue weighted by molar-refractivity contribution is 1.14. The molecule has 114 valence electrons. The van der Waals surface area contributed by atoms with E-state index in [4.69, 9.17) is 15.5 Å². The normalized spacial score (nSPS) is 9.92.